The molecule has 0 saturated heterocycles. The first kappa shape index (κ1) is 10.0. The Kier molecular flexibility index (Phi) is 2.19. The third-order valence-electron chi connectivity index (χ3n) is 2.38. The van der Waals surface area contributed by atoms with Gasteiger partial charge in [0.25, 0.3) is 5.56 Å². The summed E-state index contributed by atoms with van der Waals surface area (Å²) in [4.78, 5) is 18.8. The topological polar surface area (TPSA) is 63.6 Å². The average molecular weight is 247 g/mol. The van der Waals surface area contributed by atoms with E-state index in [2.05, 4.69) is 15.1 Å². The molecule has 0 saturated carbocycles. The second-order valence-corrected chi connectivity index (χ2v) is 3.94. The Hall–Kier alpha value is -2.14. The molecule has 0 unspecified atom stereocenters. The molecule has 1 N–H and O–H groups in total. The van der Waals surface area contributed by atoms with E-state index in [0.29, 0.717) is 21.9 Å². The number of H-pyrrole nitrogens is 1. The van der Waals surface area contributed by atoms with E-state index in [-0.39, 0.29) is 5.56 Å². The fourth-order valence-electron chi connectivity index (χ4n) is 1.60. The predicted molar refractivity (Wildman–Crippen MR) is 64.5 cm³/mol. The summed E-state index contributed by atoms with van der Waals surface area (Å²) >= 11 is 5.83. The quantitative estimate of drug-likeness (QED) is 0.712. The number of aromatic amines is 1. The Bertz CT molecular complexity index is 733. The fraction of sp³-hybridized carbons (Fsp3) is 0. The Balaban J connectivity index is 2.32. The van der Waals surface area contributed by atoms with Gasteiger partial charge in [-0.3, -0.25) is 9.78 Å². The summed E-state index contributed by atoms with van der Waals surface area (Å²) in [5, 5.41) is 4.99. The van der Waals surface area contributed by atoms with Crippen LogP contribution in [0.15, 0.2) is 41.5 Å². The van der Waals surface area contributed by atoms with Crippen LogP contribution in [0.4, 0.5) is 0 Å². The second kappa shape index (κ2) is 3.71. The minimum atomic E-state index is -0.233. The number of rotatable bonds is 1. The van der Waals surface area contributed by atoms with Gasteiger partial charge >= 0.3 is 0 Å². The molecule has 17 heavy (non-hydrogen) atoms. The molecule has 0 amide bonds. The molecule has 0 aliphatic rings. The first-order valence-electron chi connectivity index (χ1n) is 4.94. The minimum absolute atomic E-state index is 0.233. The molecule has 5 nitrogen and oxygen atoms in total. The predicted octanol–water partition coefficient (Wildman–Crippen LogP) is 1.76. The van der Waals surface area contributed by atoms with Crippen molar-refractivity contribution in [3.8, 4) is 5.95 Å². The van der Waals surface area contributed by atoms with E-state index in [1.165, 1.54) is 4.68 Å². The van der Waals surface area contributed by atoms with Crippen molar-refractivity contribution in [3.05, 3.63) is 52.0 Å². The van der Waals surface area contributed by atoms with Gasteiger partial charge in [0.1, 0.15) is 0 Å². The van der Waals surface area contributed by atoms with E-state index >= 15 is 0 Å². The van der Waals surface area contributed by atoms with Gasteiger partial charge in [-0.05, 0) is 24.3 Å². The van der Waals surface area contributed by atoms with E-state index < -0.39 is 0 Å². The molecular formula is C11H7ClN4O. The normalized spacial score (nSPS) is 10.9. The molecule has 0 aliphatic carbocycles. The van der Waals surface area contributed by atoms with Gasteiger partial charge < -0.3 is 0 Å². The number of benzene rings is 1. The Morgan fingerprint density at radius 3 is 3.00 bits per heavy atom. The summed E-state index contributed by atoms with van der Waals surface area (Å²) in [6, 6.07) is 6.75. The maximum atomic E-state index is 11.9. The Labute approximate surface area is 101 Å². The lowest BCUT2D eigenvalue weighted by molar-refractivity contribution is 0.810. The molecule has 0 atom stereocenters. The summed E-state index contributed by atoms with van der Waals surface area (Å²) in [5.74, 6) is 0.384. The fourth-order valence-corrected chi connectivity index (χ4v) is 1.77. The highest BCUT2D eigenvalue weighted by Gasteiger charge is 2.05. The zero-order valence-electron chi connectivity index (χ0n) is 8.59. The average Bonchev–Trinajstić information content (AvgIpc) is 2.83. The number of hydrogen-bond donors (Lipinski definition) is 1. The second-order valence-electron chi connectivity index (χ2n) is 3.50. The van der Waals surface area contributed by atoms with Crippen molar-refractivity contribution in [2.24, 2.45) is 0 Å². The van der Waals surface area contributed by atoms with Crippen LogP contribution in [0.5, 0.6) is 0 Å². The molecule has 3 aromatic rings. The molecule has 2 heterocycles. The smallest absolute Gasteiger partial charge is 0.260 e. The van der Waals surface area contributed by atoms with Crippen LogP contribution in [0, 0.1) is 0 Å². The standard InChI is InChI=1S/C11H7ClN4O/c12-7-2-3-9-8(6-7)10(17)15-11(14-9)16-5-1-4-13-16/h1-6H,(H,14,15,17). The monoisotopic (exact) mass is 246 g/mol. The van der Waals surface area contributed by atoms with Gasteiger partial charge in [-0.2, -0.15) is 5.10 Å². The van der Waals surface area contributed by atoms with Crippen molar-refractivity contribution >= 4 is 22.5 Å². The van der Waals surface area contributed by atoms with Gasteiger partial charge in [0.15, 0.2) is 0 Å². The zero-order chi connectivity index (χ0) is 11.8. The Morgan fingerprint density at radius 2 is 2.24 bits per heavy atom. The largest absolute Gasteiger partial charge is 0.290 e. The molecular weight excluding hydrogens is 240 g/mol. The lowest BCUT2D eigenvalue weighted by atomic mass is 10.2. The van der Waals surface area contributed by atoms with Gasteiger partial charge in [-0.1, -0.05) is 11.6 Å². The molecule has 1 aromatic carbocycles. The molecule has 0 radical (unpaired) electrons. The van der Waals surface area contributed by atoms with Gasteiger partial charge in [0.2, 0.25) is 5.95 Å². The van der Waals surface area contributed by atoms with Crippen LogP contribution in [0.2, 0.25) is 5.02 Å². The highest BCUT2D eigenvalue weighted by Crippen LogP contribution is 2.14. The first-order valence-corrected chi connectivity index (χ1v) is 5.31. The van der Waals surface area contributed by atoms with Crippen molar-refractivity contribution in [2.75, 3.05) is 0 Å². The molecule has 84 valence electrons. The van der Waals surface area contributed by atoms with Crippen LogP contribution in [-0.2, 0) is 0 Å². The van der Waals surface area contributed by atoms with Crippen molar-refractivity contribution in [3.63, 3.8) is 0 Å². The molecule has 0 spiro atoms. The van der Waals surface area contributed by atoms with Crippen molar-refractivity contribution in [2.45, 2.75) is 0 Å². The highest BCUT2D eigenvalue weighted by atomic mass is 35.5. The number of nitrogens with zero attached hydrogens (tertiary/aromatic N) is 3. The summed E-state index contributed by atoms with van der Waals surface area (Å²) in [6.45, 7) is 0. The van der Waals surface area contributed by atoms with Crippen LogP contribution in [0.3, 0.4) is 0 Å². The van der Waals surface area contributed by atoms with Crippen LogP contribution < -0.4 is 5.56 Å². The van der Waals surface area contributed by atoms with Gasteiger partial charge in [0, 0.05) is 17.4 Å². The summed E-state index contributed by atoms with van der Waals surface area (Å²) in [5.41, 5.74) is 0.353. The summed E-state index contributed by atoms with van der Waals surface area (Å²) in [7, 11) is 0. The van der Waals surface area contributed by atoms with E-state index in [1.54, 1.807) is 36.7 Å². The summed E-state index contributed by atoms with van der Waals surface area (Å²) < 4.78 is 1.50. The van der Waals surface area contributed by atoms with Gasteiger partial charge in [0.05, 0.1) is 10.9 Å². The van der Waals surface area contributed by atoms with Gasteiger partial charge in [-0.15, -0.1) is 0 Å². The lowest BCUT2D eigenvalue weighted by Gasteiger charge is -2.02. The maximum Gasteiger partial charge on any atom is 0.260 e. The maximum absolute atomic E-state index is 11.9. The molecule has 0 aliphatic heterocycles. The summed E-state index contributed by atoms with van der Waals surface area (Å²) in [6.07, 6.45) is 3.33. The van der Waals surface area contributed by atoms with E-state index in [0.717, 1.165) is 0 Å². The number of halogens is 1. The van der Waals surface area contributed by atoms with Crippen LogP contribution in [0.1, 0.15) is 0 Å². The van der Waals surface area contributed by atoms with Crippen LogP contribution in [0.25, 0.3) is 16.9 Å². The van der Waals surface area contributed by atoms with Crippen molar-refractivity contribution < 1.29 is 0 Å². The minimum Gasteiger partial charge on any atom is -0.290 e. The number of hydrogen-bond acceptors (Lipinski definition) is 3. The Morgan fingerprint density at radius 1 is 1.35 bits per heavy atom. The molecule has 0 fully saturated rings. The third kappa shape index (κ3) is 1.70. The van der Waals surface area contributed by atoms with E-state index in [1.807, 2.05) is 0 Å². The van der Waals surface area contributed by atoms with Crippen LogP contribution in [-0.4, -0.2) is 19.7 Å². The third-order valence-corrected chi connectivity index (χ3v) is 2.61. The highest BCUT2D eigenvalue weighted by molar-refractivity contribution is 6.31. The van der Waals surface area contributed by atoms with Crippen molar-refractivity contribution in [1.29, 1.82) is 0 Å². The van der Waals surface area contributed by atoms with Crippen molar-refractivity contribution in [1.82, 2.24) is 19.7 Å². The first-order chi connectivity index (χ1) is 8.24. The lowest BCUT2D eigenvalue weighted by Crippen LogP contribution is -2.13. The van der Waals surface area contributed by atoms with E-state index in [9.17, 15) is 4.79 Å². The molecule has 6 heteroatoms. The number of aromatic nitrogens is 4. The zero-order valence-corrected chi connectivity index (χ0v) is 9.35. The number of fused-ring (bicyclic) bond motifs is 1. The molecule has 0 bridgehead atoms. The van der Waals surface area contributed by atoms with Gasteiger partial charge in [-0.25, -0.2) is 9.67 Å². The molecule has 3 rings (SSSR count). The van der Waals surface area contributed by atoms with Crippen LogP contribution >= 0.6 is 11.6 Å². The SMILES string of the molecule is O=c1[nH]c(-n2cccn2)nc2ccc(Cl)cc12. The molecule has 2 aromatic heterocycles. The van der Waals surface area contributed by atoms with E-state index in [4.69, 9.17) is 11.6 Å². The number of nitrogens with one attached hydrogen (secondary N) is 1.